The van der Waals surface area contributed by atoms with E-state index in [1.807, 2.05) is 20.8 Å². The van der Waals surface area contributed by atoms with Gasteiger partial charge in [-0.3, -0.25) is 9.59 Å². The normalized spacial score (nSPS) is 42.0. The molecule has 38 heavy (non-hydrogen) atoms. The summed E-state index contributed by atoms with van der Waals surface area (Å²) in [6.45, 7) is 15.8. The molecule has 3 aliphatic rings. The van der Waals surface area contributed by atoms with Gasteiger partial charge in [-0.25, -0.2) is 0 Å². The molecule has 0 aromatic heterocycles. The molecule has 3 fully saturated rings. The number of carbonyl (C=O) groups excluding carboxylic acids is 2. The van der Waals surface area contributed by atoms with Crippen LogP contribution in [-0.2, 0) is 35.0 Å². The number of ether oxygens (including phenoxy) is 3. The Morgan fingerprint density at radius 3 is 2.50 bits per heavy atom. The molecular formula is C29H48O8S. The third-order valence-electron chi connectivity index (χ3n) is 9.28. The Labute approximate surface area is 231 Å². The van der Waals surface area contributed by atoms with Gasteiger partial charge >= 0.3 is 11.9 Å². The summed E-state index contributed by atoms with van der Waals surface area (Å²) in [5.41, 5.74) is -1.68. The van der Waals surface area contributed by atoms with Crippen molar-refractivity contribution in [3.05, 3.63) is 12.2 Å². The second-order valence-electron chi connectivity index (χ2n) is 12.5. The molecule has 1 aliphatic carbocycles. The monoisotopic (exact) mass is 556 g/mol. The van der Waals surface area contributed by atoms with E-state index in [9.17, 15) is 24.4 Å². The van der Waals surface area contributed by atoms with Crippen LogP contribution in [0.25, 0.3) is 0 Å². The molecule has 0 aromatic carbocycles. The van der Waals surface area contributed by atoms with Crippen LogP contribution in [0.4, 0.5) is 0 Å². The average molecular weight is 557 g/mol. The Hall–Kier alpha value is -1.13. The first kappa shape index (κ1) is 31.4. The first-order valence-corrected chi connectivity index (χ1v) is 15.8. The van der Waals surface area contributed by atoms with Gasteiger partial charge in [0.2, 0.25) is 0 Å². The fourth-order valence-electron chi connectivity index (χ4n) is 7.15. The van der Waals surface area contributed by atoms with Crippen molar-refractivity contribution < 1.29 is 38.6 Å². The van der Waals surface area contributed by atoms with Crippen LogP contribution in [0.1, 0.15) is 80.1 Å². The van der Waals surface area contributed by atoms with Crippen molar-refractivity contribution in [3.63, 3.8) is 0 Å². The third-order valence-corrected chi connectivity index (χ3v) is 10.1. The summed E-state index contributed by atoms with van der Waals surface area (Å²) in [4.78, 5) is 25.7. The van der Waals surface area contributed by atoms with Crippen LogP contribution in [-0.4, -0.2) is 74.3 Å². The summed E-state index contributed by atoms with van der Waals surface area (Å²) >= 11 is -1.12. The van der Waals surface area contributed by atoms with Gasteiger partial charge in [0, 0.05) is 30.1 Å². The van der Waals surface area contributed by atoms with Crippen molar-refractivity contribution in [2.75, 3.05) is 12.0 Å². The minimum absolute atomic E-state index is 0.0417. The minimum Gasteiger partial charge on any atom is -0.617 e. The van der Waals surface area contributed by atoms with Gasteiger partial charge in [-0.15, -0.1) is 0 Å². The maximum absolute atomic E-state index is 12.9. The Kier molecular flexibility index (Phi) is 10.1. The molecule has 8 nitrogen and oxygen atoms in total. The van der Waals surface area contributed by atoms with Gasteiger partial charge in [0.15, 0.2) is 0 Å². The van der Waals surface area contributed by atoms with Crippen LogP contribution in [0.5, 0.6) is 0 Å². The third kappa shape index (κ3) is 6.27. The van der Waals surface area contributed by atoms with E-state index >= 15 is 0 Å². The van der Waals surface area contributed by atoms with Crippen molar-refractivity contribution in [1.29, 1.82) is 0 Å². The smallest absolute Gasteiger partial charge is 0.310 e. The lowest BCUT2D eigenvalue weighted by molar-refractivity contribution is -0.208. The molecule has 0 spiro atoms. The molecule has 2 bridgehead atoms. The highest BCUT2D eigenvalue weighted by Gasteiger charge is 2.67. The van der Waals surface area contributed by atoms with Crippen molar-refractivity contribution >= 4 is 23.1 Å². The van der Waals surface area contributed by atoms with Crippen LogP contribution in [0.3, 0.4) is 0 Å². The van der Waals surface area contributed by atoms with Crippen LogP contribution in [0, 0.1) is 29.6 Å². The highest BCUT2D eigenvalue weighted by Crippen LogP contribution is 2.59. The van der Waals surface area contributed by atoms with Crippen LogP contribution >= 0.6 is 0 Å². The largest absolute Gasteiger partial charge is 0.617 e. The zero-order valence-corrected chi connectivity index (χ0v) is 24.9. The number of hydrogen-bond acceptors (Lipinski definition) is 8. The maximum Gasteiger partial charge on any atom is 0.310 e. The summed E-state index contributed by atoms with van der Waals surface area (Å²) in [5, 5.41) is 22.9. The number of hydrogen-bond donors (Lipinski definition) is 2. The van der Waals surface area contributed by atoms with Gasteiger partial charge < -0.3 is 29.0 Å². The molecule has 0 amide bonds. The number of esters is 2. The molecule has 1 saturated carbocycles. The molecule has 2 saturated heterocycles. The fourth-order valence-corrected chi connectivity index (χ4v) is 7.61. The molecule has 2 N–H and O–H groups in total. The Morgan fingerprint density at radius 2 is 1.92 bits per heavy atom. The van der Waals surface area contributed by atoms with Crippen molar-refractivity contribution in [3.8, 4) is 0 Å². The standard InChI is InChI=1S/C29H48O8S/c1-9-10-22(32)37-28(6)13-11-19(30)17(4)15-20-25-24(27(28)35-20)23(16(2)3)26(18(5)29(25,7)33)36-21(31)12-14-38(8)34/h16,18-20,23-27,30,33H,4,9-15H2,1-3,5-8H3/t18-,19+,20-,23-,24-,25-,26-,27-,28-,29-,38?/m1/s1. The van der Waals surface area contributed by atoms with Crippen LogP contribution in [0.15, 0.2) is 12.2 Å². The number of aliphatic hydroxyl groups excluding tert-OH is 1. The van der Waals surface area contributed by atoms with Crippen molar-refractivity contribution in [2.45, 2.75) is 116 Å². The molecule has 3 rings (SSSR count). The predicted molar refractivity (Wildman–Crippen MR) is 146 cm³/mol. The first-order valence-electron chi connectivity index (χ1n) is 14.1. The molecule has 0 aromatic rings. The van der Waals surface area contributed by atoms with Crippen LogP contribution in [0.2, 0.25) is 0 Å². The van der Waals surface area contributed by atoms with E-state index in [2.05, 4.69) is 20.4 Å². The molecule has 9 heteroatoms. The van der Waals surface area contributed by atoms with E-state index in [0.717, 1.165) is 0 Å². The zero-order valence-electron chi connectivity index (χ0n) is 24.1. The Balaban J connectivity index is 2.09. The van der Waals surface area contributed by atoms with E-state index in [1.54, 1.807) is 13.2 Å². The number of fused-ring (bicyclic) bond motifs is 5. The molecule has 2 heterocycles. The second-order valence-corrected chi connectivity index (χ2v) is 14.0. The van der Waals surface area contributed by atoms with Gasteiger partial charge in [0.1, 0.15) is 23.6 Å². The summed E-state index contributed by atoms with van der Waals surface area (Å²) in [7, 11) is 0. The summed E-state index contributed by atoms with van der Waals surface area (Å²) in [6.07, 6.45) is 1.30. The van der Waals surface area contributed by atoms with E-state index in [0.29, 0.717) is 31.3 Å². The lowest BCUT2D eigenvalue weighted by atomic mass is 9.53. The van der Waals surface area contributed by atoms with Crippen molar-refractivity contribution in [2.24, 2.45) is 29.6 Å². The SMILES string of the molecule is C=C1C[C@H]2O[C@H]([C@@H]3[C@@H](C(C)C)[C@H](OC(=O)CC[S+](C)[O-])[C@@H](C)[C@@](C)(O)[C@@H]32)[C@](C)(OC(=O)CCC)CC[C@@H]1O. The first-order chi connectivity index (χ1) is 17.6. The van der Waals surface area contributed by atoms with Crippen LogP contribution < -0.4 is 0 Å². The average Bonchev–Trinajstić information content (AvgIpc) is 3.20. The van der Waals surface area contributed by atoms with E-state index < -0.39 is 58.7 Å². The van der Waals surface area contributed by atoms with E-state index in [4.69, 9.17) is 14.2 Å². The minimum atomic E-state index is -1.27. The molecular weight excluding hydrogens is 508 g/mol. The van der Waals surface area contributed by atoms with Gasteiger partial charge in [-0.05, 0) is 51.0 Å². The van der Waals surface area contributed by atoms with Gasteiger partial charge in [0.05, 0.1) is 30.5 Å². The van der Waals surface area contributed by atoms with Crippen molar-refractivity contribution in [1.82, 2.24) is 0 Å². The second kappa shape index (κ2) is 12.2. The number of rotatable bonds is 8. The molecule has 11 atom stereocenters. The molecule has 218 valence electrons. The highest BCUT2D eigenvalue weighted by atomic mass is 32.2. The molecule has 1 unspecified atom stereocenters. The Morgan fingerprint density at radius 1 is 1.26 bits per heavy atom. The summed E-state index contributed by atoms with van der Waals surface area (Å²) in [5.74, 6) is -1.67. The number of carbonyl (C=O) groups is 2. The zero-order chi connectivity index (χ0) is 28.6. The highest BCUT2D eigenvalue weighted by molar-refractivity contribution is 7.90. The van der Waals surface area contributed by atoms with Gasteiger partial charge in [-0.1, -0.05) is 45.4 Å². The fraction of sp³-hybridized carbons (Fsp3) is 0.862. The lowest BCUT2D eigenvalue weighted by Crippen LogP contribution is -2.64. The number of aliphatic hydroxyl groups is 2. The topological polar surface area (TPSA) is 125 Å². The molecule has 2 aliphatic heterocycles. The van der Waals surface area contributed by atoms with Gasteiger partial charge in [0.25, 0.3) is 0 Å². The Bertz CT molecular complexity index is 873. The van der Waals surface area contributed by atoms with Gasteiger partial charge in [-0.2, -0.15) is 0 Å². The molecule has 0 radical (unpaired) electrons. The maximum atomic E-state index is 12.9. The lowest BCUT2D eigenvalue weighted by Gasteiger charge is -2.55. The quantitative estimate of drug-likeness (QED) is 0.264. The summed E-state index contributed by atoms with van der Waals surface area (Å²) in [6, 6.07) is 0. The summed E-state index contributed by atoms with van der Waals surface area (Å²) < 4.78 is 30.6. The van der Waals surface area contributed by atoms with E-state index in [1.165, 1.54) is 0 Å². The van der Waals surface area contributed by atoms with E-state index in [-0.39, 0.29) is 48.2 Å². The predicted octanol–water partition coefficient (Wildman–Crippen LogP) is 3.54.